The lowest BCUT2D eigenvalue weighted by Crippen LogP contribution is -2.13. The first-order chi connectivity index (χ1) is 11.4. The summed E-state index contributed by atoms with van der Waals surface area (Å²) in [4.78, 5) is 11.6. The molecule has 0 radical (unpaired) electrons. The van der Waals surface area contributed by atoms with E-state index in [1.807, 2.05) is 0 Å². The van der Waals surface area contributed by atoms with Gasteiger partial charge >= 0.3 is 4.87 Å². The Bertz CT molecular complexity index is 1080. The predicted octanol–water partition coefficient (Wildman–Crippen LogP) is 3.19. The molecule has 3 aromatic rings. The minimum Gasteiger partial charge on any atom is -0.295 e. The molecule has 0 aliphatic heterocycles. The number of fused-ring (bicyclic) bond motifs is 1. The minimum absolute atomic E-state index is 0.143. The lowest BCUT2D eigenvalue weighted by atomic mass is 10.3. The van der Waals surface area contributed by atoms with Crippen molar-refractivity contribution in [3.63, 3.8) is 0 Å². The van der Waals surface area contributed by atoms with Crippen LogP contribution in [0.3, 0.4) is 0 Å². The first-order valence-corrected chi connectivity index (χ1v) is 9.23. The Morgan fingerprint density at radius 3 is 2.75 bits per heavy atom. The van der Waals surface area contributed by atoms with E-state index in [2.05, 4.69) is 11.3 Å². The molecule has 5 nitrogen and oxygen atoms in total. The van der Waals surface area contributed by atoms with Gasteiger partial charge in [-0.3, -0.25) is 14.1 Å². The Morgan fingerprint density at radius 2 is 2.04 bits per heavy atom. The Balaban J connectivity index is 1.99. The molecule has 0 saturated carbocycles. The fraction of sp³-hybridized carbons (Fsp3) is 0.0625. The van der Waals surface area contributed by atoms with Gasteiger partial charge in [-0.15, -0.1) is 6.58 Å². The highest BCUT2D eigenvalue weighted by Crippen LogP contribution is 2.24. The van der Waals surface area contributed by atoms with E-state index in [0.29, 0.717) is 22.4 Å². The second kappa shape index (κ2) is 6.21. The molecule has 0 amide bonds. The van der Waals surface area contributed by atoms with E-state index in [-0.39, 0.29) is 9.77 Å². The van der Waals surface area contributed by atoms with E-state index in [1.165, 1.54) is 18.2 Å². The number of benzene rings is 2. The van der Waals surface area contributed by atoms with E-state index in [0.717, 1.165) is 17.4 Å². The third-order valence-electron chi connectivity index (χ3n) is 3.34. The van der Waals surface area contributed by atoms with Gasteiger partial charge in [-0.1, -0.05) is 23.5 Å². The molecule has 0 aliphatic rings. The number of anilines is 1. The van der Waals surface area contributed by atoms with E-state index in [1.54, 1.807) is 28.8 Å². The number of nitrogens with zero attached hydrogens (tertiary/aromatic N) is 1. The van der Waals surface area contributed by atoms with Gasteiger partial charge in [0, 0.05) is 6.54 Å². The summed E-state index contributed by atoms with van der Waals surface area (Å²) >= 11 is 1.02. The van der Waals surface area contributed by atoms with Crippen molar-refractivity contribution in [1.29, 1.82) is 0 Å². The molecule has 8 heteroatoms. The number of hydrogen-bond donors (Lipinski definition) is 1. The number of hydrogen-bond acceptors (Lipinski definition) is 4. The Hall–Kier alpha value is -2.45. The van der Waals surface area contributed by atoms with Crippen LogP contribution in [0.15, 0.2) is 64.8 Å². The fourth-order valence-corrected chi connectivity index (χ4v) is 4.30. The summed E-state index contributed by atoms with van der Waals surface area (Å²) in [5, 5.41) is 0. The molecular weight excluding hydrogens is 351 g/mol. The average molecular weight is 364 g/mol. The zero-order valence-corrected chi connectivity index (χ0v) is 14.0. The highest BCUT2D eigenvalue weighted by molar-refractivity contribution is 7.92. The second-order valence-electron chi connectivity index (χ2n) is 5.01. The molecule has 1 aromatic heterocycles. The molecule has 0 bridgehead atoms. The van der Waals surface area contributed by atoms with Crippen molar-refractivity contribution in [2.45, 2.75) is 11.4 Å². The lowest BCUT2D eigenvalue weighted by Gasteiger charge is -2.08. The van der Waals surface area contributed by atoms with Gasteiger partial charge < -0.3 is 0 Å². The van der Waals surface area contributed by atoms with Crippen LogP contribution in [0.4, 0.5) is 10.1 Å². The number of sulfonamides is 1. The van der Waals surface area contributed by atoms with Crippen molar-refractivity contribution in [2.75, 3.05) is 4.72 Å². The first kappa shape index (κ1) is 16.4. The summed E-state index contributed by atoms with van der Waals surface area (Å²) < 4.78 is 42.5. The van der Waals surface area contributed by atoms with Crippen molar-refractivity contribution >= 4 is 37.3 Å². The SMILES string of the molecule is C=CCn1c(=O)sc2cc(NS(=O)(=O)c3cccc(F)c3)ccc21. The van der Waals surface area contributed by atoms with Crippen LogP contribution >= 0.6 is 11.3 Å². The number of aromatic nitrogens is 1. The average Bonchev–Trinajstić information content (AvgIpc) is 2.82. The van der Waals surface area contributed by atoms with Crippen LogP contribution in [0.25, 0.3) is 10.2 Å². The van der Waals surface area contributed by atoms with Crippen molar-refractivity contribution < 1.29 is 12.8 Å². The molecule has 1 heterocycles. The molecule has 124 valence electrons. The molecular formula is C16H13FN2O3S2. The zero-order chi connectivity index (χ0) is 17.3. The van der Waals surface area contributed by atoms with E-state index < -0.39 is 15.8 Å². The summed E-state index contributed by atoms with van der Waals surface area (Å²) in [5.74, 6) is -0.631. The summed E-state index contributed by atoms with van der Waals surface area (Å²) in [5.41, 5.74) is 1.01. The van der Waals surface area contributed by atoms with Crippen molar-refractivity contribution in [3.05, 3.63) is 70.6 Å². The van der Waals surface area contributed by atoms with Crippen LogP contribution in [0, 0.1) is 5.82 Å². The maximum Gasteiger partial charge on any atom is 0.308 e. The molecule has 0 spiro atoms. The molecule has 0 unspecified atom stereocenters. The quantitative estimate of drug-likeness (QED) is 0.707. The van der Waals surface area contributed by atoms with Crippen LogP contribution in [0.2, 0.25) is 0 Å². The molecule has 24 heavy (non-hydrogen) atoms. The third-order valence-corrected chi connectivity index (χ3v) is 5.66. The third kappa shape index (κ3) is 3.10. The molecule has 2 aromatic carbocycles. The largest absolute Gasteiger partial charge is 0.308 e. The maximum atomic E-state index is 13.2. The van der Waals surface area contributed by atoms with Crippen LogP contribution in [-0.2, 0) is 16.6 Å². The van der Waals surface area contributed by atoms with Crippen molar-refractivity contribution in [1.82, 2.24) is 4.57 Å². The highest BCUT2D eigenvalue weighted by atomic mass is 32.2. The molecule has 0 saturated heterocycles. The number of nitrogens with one attached hydrogen (secondary N) is 1. The lowest BCUT2D eigenvalue weighted by molar-refractivity contribution is 0.595. The Kier molecular flexibility index (Phi) is 4.25. The van der Waals surface area contributed by atoms with Gasteiger partial charge in [0.05, 0.1) is 20.8 Å². The van der Waals surface area contributed by atoms with E-state index >= 15 is 0 Å². The van der Waals surface area contributed by atoms with E-state index in [9.17, 15) is 17.6 Å². The Labute approximate surface area is 141 Å². The Morgan fingerprint density at radius 1 is 1.25 bits per heavy atom. The van der Waals surface area contributed by atoms with Gasteiger partial charge in [-0.05, 0) is 36.4 Å². The minimum atomic E-state index is -3.90. The second-order valence-corrected chi connectivity index (χ2v) is 7.69. The van der Waals surface area contributed by atoms with Crippen LogP contribution < -0.4 is 9.60 Å². The van der Waals surface area contributed by atoms with Crippen LogP contribution in [0.5, 0.6) is 0 Å². The summed E-state index contributed by atoms with van der Waals surface area (Å²) in [7, 11) is -3.90. The predicted molar refractivity (Wildman–Crippen MR) is 93.5 cm³/mol. The summed E-state index contributed by atoms with van der Waals surface area (Å²) in [6.45, 7) is 3.99. The highest BCUT2D eigenvalue weighted by Gasteiger charge is 2.16. The molecule has 3 rings (SSSR count). The summed E-state index contributed by atoms with van der Waals surface area (Å²) in [6, 6.07) is 9.56. The van der Waals surface area contributed by atoms with Crippen molar-refractivity contribution in [2.24, 2.45) is 0 Å². The number of halogens is 1. The summed E-state index contributed by atoms with van der Waals surface area (Å²) in [6.07, 6.45) is 1.62. The monoisotopic (exact) mass is 364 g/mol. The van der Waals surface area contributed by atoms with Crippen LogP contribution in [-0.4, -0.2) is 13.0 Å². The van der Waals surface area contributed by atoms with Crippen LogP contribution in [0.1, 0.15) is 0 Å². The molecule has 0 fully saturated rings. The van der Waals surface area contributed by atoms with E-state index in [4.69, 9.17) is 0 Å². The standard InChI is InChI=1S/C16H13FN2O3S2/c1-2-8-19-14-7-6-12(10-15(14)23-16(19)20)18-24(21,22)13-5-3-4-11(17)9-13/h2-7,9-10,18H,1,8H2. The normalized spacial score (nSPS) is 11.5. The topological polar surface area (TPSA) is 68.2 Å². The zero-order valence-electron chi connectivity index (χ0n) is 12.4. The molecule has 1 N–H and O–H groups in total. The first-order valence-electron chi connectivity index (χ1n) is 6.93. The maximum absolute atomic E-state index is 13.2. The number of thiazole rings is 1. The fourth-order valence-electron chi connectivity index (χ4n) is 2.28. The van der Waals surface area contributed by atoms with Gasteiger partial charge in [0.1, 0.15) is 5.82 Å². The number of allylic oxidation sites excluding steroid dienone is 1. The van der Waals surface area contributed by atoms with Gasteiger partial charge in [0.25, 0.3) is 10.0 Å². The molecule has 0 atom stereocenters. The van der Waals surface area contributed by atoms with Gasteiger partial charge in [0.2, 0.25) is 0 Å². The smallest absolute Gasteiger partial charge is 0.295 e. The number of rotatable bonds is 5. The van der Waals surface area contributed by atoms with Gasteiger partial charge in [-0.25, -0.2) is 12.8 Å². The van der Waals surface area contributed by atoms with Gasteiger partial charge in [-0.2, -0.15) is 0 Å². The van der Waals surface area contributed by atoms with Gasteiger partial charge in [0.15, 0.2) is 0 Å². The van der Waals surface area contributed by atoms with Crippen molar-refractivity contribution in [3.8, 4) is 0 Å². The molecule has 0 aliphatic carbocycles.